The molecule has 27 heavy (non-hydrogen) atoms. The molecule has 0 N–H and O–H groups in total. The van der Waals surface area contributed by atoms with Gasteiger partial charge in [-0.15, -0.1) is 0 Å². The molecule has 0 aliphatic carbocycles. The first kappa shape index (κ1) is 20.1. The van der Waals surface area contributed by atoms with Crippen LogP contribution in [0.25, 0.3) is 11.4 Å². The average Bonchev–Trinajstić information content (AvgIpc) is 3.02. The van der Waals surface area contributed by atoms with E-state index in [2.05, 4.69) is 25.9 Å². The van der Waals surface area contributed by atoms with Crippen molar-refractivity contribution in [3.63, 3.8) is 0 Å². The minimum Gasteiger partial charge on any atom is -0.464 e. The molecule has 5 nitrogen and oxygen atoms in total. The van der Waals surface area contributed by atoms with E-state index in [0.29, 0.717) is 43.2 Å². The van der Waals surface area contributed by atoms with Crippen molar-refractivity contribution < 1.29 is 9.53 Å². The molecule has 0 atom stereocenters. The number of benzene rings is 1. The minimum atomic E-state index is -0.503. The monoisotopic (exact) mass is 487 g/mol. The maximum Gasteiger partial charge on any atom is 0.356 e. The van der Waals surface area contributed by atoms with E-state index in [1.165, 1.54) is 13.3 Å². The Morgan fingerprint density at radius 1 is 1.19 bits per heavy atom. The van der Waals surface area contributed by atoms with Crippen molar-refractivity contribution >= 4 is 56.7 Å². The van der Waals surface area contributed by atoms with Crippen LogP contribution in [0, 0.1) is 0 Å². The van der Waals surface area contributed by atoms with Gasteiger partial charge in [-0.25, -0.2) is 9.78 Å². The van der Waals surface area contributed by atoms with Gasteiger partial charge >= 0.3 is 5.97 Å². The molecule has 0 spiro atoms. The van der Waals surface area contributed by atoms with Gasteiger partial charge in [-0.3, -0.25) is 4.98 Å². The van der Waals surface area contributed by atoms with Gasteiger partial charge in [0.2, 0.25) is 0 Å². The molecular formula is C18H13BrCl3N3O2. The Kier molecular flexibility index (Phi) is 6.42. The Bertz CT molecular complexity index is 1010. The smallest absolute Gasteiger partial charge is 0.356 e. The summed E-state index contributed by atoms with van der Waals surface area (Å²) in [5, 5.41) is 1.90. The highest BCUT2D eigenvalue weighted by atomic mass is 79.9. The Morgan fingerprint density at radius 3 is 2.63 bits per heavy atom. The van der Waals surface area contributed by atoms with E-state index in [9.17, 15) is 4.79 Å². The number of aromatic nitrogens is 3. The van der Waals surface area contributed by atoms with Crippen LogP contribution in [0.3, 0.4) is 0 Å². The van der Waals surface area contributed by atoms with Crippen LogP contribution in [-0.4, -0.2) is 27.6 Å². The van der Waals surface area contributed by atoms with E-state index in [-0.39, 0.29) is 6.54 Å². The van der Waals surface area contributed by atoms with Crippen LogP contribution in [0.15, 0.2) is 36.7 Å². The maximum atomic E-state index is 12.5. The first-order chi connectivity index (χ1) is 12.9. The summed E-state index contributed by atoms with van der Waals surface area (Å²) >= 11 is 21.9. The second kappa shape index (κ2) is 8.61. The highest BCUT2D eigenvalue weighted by molar-refractivity contribution is 9.08. The van der Waals surface area contributed by atoms with Gasteiger partial charge in [0, 0.05) is 33.3 Å². The van der Waals surface area contributed by atoms with Gasteiger partial charge in [-0.1, -0.05) is 50.7 Å². The fourth-order valence-corrected chi connectivity index (χ4v) is 3.60. The molecule has 2 heterocycles. The third kappa shape index (κ3) is 4.29. The molecule has 1 aromatic carbocycles. The Hall–Kier alpha value is -1.60. The lowest BCUT2D eigenvalue weighted by Crippen LogP contribution is -2.14. The summed E-state index contributed by atoms with van der Waals surface area (Å²) in [6.07, 6.45) is 3.15. The number of carbonyl (C=O) groups is 1. The summed E-state index contributed by atoms with van der Waals surface area (Å²) in [7, 11) is 1.32. The zero-order chi connectivity index (χ0) is 19.6. The lowest BCUT2D eigenvalue weighted by atomic mass is 10.2. The van der Waals surface area contributed by atoms with E-state index < -0.39 is 5.97 Å². The molecule has 0 radical (unpaired) electrons. The van der Waals surface area contributed by atoms with Crippen molar-refractivity contribution in [2.45, 2.75) is 11.9 Å². The van der Waals surface area contributed by atoms with Crippen LogP contribution in [0.1, 0.15) is 21.7 Å². The van der Waals surface area contributed by atoms with E-state index in [1.54, 1.807) is 35.0 Å². The molecule has 0 bridgehead atoms. The fourth-order valence-electron chi connectivity index (χ4n) is 2.66. The predicted molar refractivity (Wildman–Crippen MR) is 110 cm³/mol. The number of nitrogens with zero attached hydrogens (tertiary/aromatic N) is 3. The summed E-state index contributed by atoms with van der Waals surface area (Å²) in [4.78, 5) is 21.2. The molecule has 3 aromatic rings. The van der Waals surface area contributed by atoms with E-state index in [4.69, 9.17) is 39.5 Å². The zero-order valence-corrected chi connectivity index (χ0v) is 17.9. The molecule has 0 amide bonds. The molecule has 140 valence electrons. The van der Waals surface area contributed by atoms with Gasteiger partial charge < -0.3 is 9.30 Å². The maximum absolute atomic E-state index is 12.5. The van der Waals surface area contributed by atoms with Crippen molar-refractivity contribution in [3.8, 4) is 11.4 Å². The molecule has 0 aliphatic rings. The first-order valence-corrected chi connectivity index (χ1v) is 9.98. The number of alkyl halides is 1. The second-order valence-electron chi connectivity index (χ2n) is 5.57. The van der Waals surface area contributed by atoms with Gasteiger partial charge in [0.1, 0.15) is 5.82 Å². The van der Waals surface area contributed by atoms with Gasteiger partial charge in [0.15, 0.2) is 5.69 Å². The Balaban J connectivity index is 2.23. The highest BCUT2D eigenvalue weighted by Crippen LogP contribution is 2.29. The quantitative estimate of drug-likeness (QED) is 0.344. The SMILES string of the molecule is COC(=O)c1c(CBr)nc(-c2cncc(Cl)c2)n1Cc1cc(Cl)ccc1Cl. The highest BCUT2D eigenvalue weighted by Gasteiger charge is 2.25. The summed E-state index contributed by atoms with van der Waals surface area (Å²) in [5.74, 6) is 0.0206. The Morgan fingerprint density at radius 2 is 1.96 bits per heavy atom. The number of rotatable bonds is 5. The minimum absolute atomic E-state index is 0.270. The van der Waals surface area contributed by atoms with E-state index in [0.717, 1.165) is 5.56 Å². The summed E-state index contributed by atoms with van der Waals surface area (Å²) in [6.45, 7) is 0.270. The number of esters is 1. The molecule has 3 rings (SSSR count). The number of hydrogen-bond donors (Lipinski definition) is 0. The second-order valence-corrected chi connectivity index (χ2v) is 7.41. The zero-order valence-electron chi connectivity index (χ0n) is 14.0. The molecular weight excluding hydrogens is 476 g/mol. The molecule has 0 saturated heterocycles. The van der Waals surface area contributed by atoms with Gasteiger partial charge in [-0.2, -0.15) is 0 Å². The normalized spacial score (nSPS) is 10.9. The third-order valence-corrected chi connectivity index (χ3v) is 5.19. The van der Waals surface area contributed by atoms with Crippen LogP contribution in [0.2, 0.25) is 15.1 Å². The van der Waals surface area contributed by atoms with Gasteiger partial charge in [0.25, 0.3) is 0 Å². The number of ether oxygens (including phenoxy) is 1. The summed E-state index contributed by atoms with van der Waals surface area (Å²) in [6, 6.07) is 6.89. The largest absolute Gasteiger partial charge is 0.464 e. The van der Waals surface area contributed by atoms with E-state index in [1.807, 2.05) is 0 Å². The standard InChI is InChI=1S/C18H13BrCl3N3O2/c1-27-18(26)16-15(6-19)24-17(10-4-13(21)8-23-7-10)25(16)9-11-5-12(20)2-3-14(11)22/h2-5,7-8H,6,9H2,1H3. The van der Waals surface area contributed by atoms with Crippen LogP contribution in [-0.2, 0) is 16.6 Å². The van der Waals surface area contributed by atoms with Crippen molar-refractivity contribution in [1.29, 1.82) is 0 Å². The van der Waals surface area contributed by atoms with Crippen molar-refractivity contribution in [1.82, 2.24) is 14.5 Å². The number of imidazole rings is 1. The van der Waals surface area contributed by atoms with Crippen molar-refractivity contribution in [3.05, 3.63) is 68.7 Å². The fraction of sp³-hybridized carbons (Fsp3) is 0.167. The molecule has 9 heteroatoms. The average molecular weight is 490 g/mol. The van der Waals surface area contributed by atoms with Crippen LogP contribution >= 0.6 is 50.7 Å². The van der Waals surface area contributed by atoms with Crippen molar-refractivity contribution in [2.75, 3.05) is 7.11 Å². The lowest BCUT2D eigenvalue weighted by molar-refractivity contribution is 0.0588. The number of hydrogen-bond acceptors (Lipinski definition) is 4. The lowest BCUT2D eigenvalue weighted by Gasteiger charge is -2.13. The molecule has 0 saturated carbocycles. The number of methoxy groups -OCH3 is 1. The van der Waals surface area contributed by atoms with Gasteiger partial charge in [0.05, 0.1) is 24.4 Å². The molecule has 0 fully saturated rings. The number of carbonyl (C=O) groups excluding carboxylic acids is 1. The van der Waals surface area contributed by atoms with Crippen LogP contribution < -0.4 is 0 Å². The van der Waals surface area contributed by atoms with Crippen LogP contribution in [0.4, 0.5) is 0 Å². The topological polar surface area (TPSA) is 57.0 Å². The van der Waals surface area contributed by atoms with E-state index >= 15 is 0 Å². The number of halogens is 4. The molecule has 2 aromatic heterocycles. The number of pyridine rings is 1. The molecule has 0 unspecified atom stereocenters. The van der Waals surface area contributed by atoms with Crippen molar-refractivity contribution in [2.24, 2.45) is 0 Å². The summed E-state index contributed by atoms with van der Waals surface area (Å²) < 4.78 is 6.69. The third-order valence-electron chi connectivity index (χ3n) is 3.84. The molecule has 0 aliphatic heterocycles. The van der Waals surface area contributed by atoms with Crippen LogP contribution in [0.5, 0.6) is 0 Å². The van der Waals surface area contributed by atoms with Gasteiger partial charge in [-0.05, 0) is 29.8 Å². The first-order valence-electron chi connectivity index (χ1n) is 7.73. The Labute approximate surface area is 179 Å². The predicted octanol–water partition coefficient (Wildman–Crippen LogP) is 5.64. The summed E-state index contributed by atoms with van der Waals surface area (Å²) in [5.41, 5.74) is 2.26.